The molecule has 2 N–H and O–H groups in total. The standard InChI is InChI=1S/C23H23N3O2S/c24-14-17-5-7-18(8-6-17)19-9-11-25-21(13-19)10-12-29(27,28)16-20-15-26-23-4-2-1-3-22(20)23/h1-9,15,21,25-26H,10-13,16H2. The van der Waals surface area contributed by atoms with Crippen LogP contribution in [0.3, 0.4) is 0 Å². The van der Waals surface area contributed by atoms with Crippen LogP contribution in [0, 0.1) is 11.3 Å². The molecular weight excluding hydrogens is 382 g/mol. The molecule has 0 saturated carbocycles. The number of benzene rings is 2. The van der Waals surface area contributed by atoms with Gasteiger partial charge in [0, 0.05) is 29.7 Å². The first-order valence-electron chi connectivity index (χ1n) is 9.72. The third-order valence-electron chi connectivity index (χ3n) is 5.43. The molecule has 0 radical (unpaired) electrons. The van der Waals surface area contributed by atoms with Gasteiger partial charge in [0.25, 0.3) is 0 Å². The van der Waals surface area contributed by atoms with Gasteiger partial charge in [-0.2, -0.15) is 5.26 Å². The molecule has 0 fully saturated rings. The van der Waals surface area contributed by atoms with Crippen molar-refractivity contribution >= 4 is 26.3 Å². The Hall–Kier alpha value is -2.88. The summed E-state index contributed by atoms with van der Waals surface area (Å²) in [7, 11) is -3.20. The van der Waals surface area contributed by atoms with Gasteiger partial charge in [-0.1, -0.05) is 36.4 Å². The smallest absolute Gasteiger partial charge is 0.154 e. The largest absolute Gasteiger partial charge is 0.361 e. The summed E-state index contributed by atoms with van der Waals surface area (Å²) in [5, 5.41) is 13.3. The molecule has 0 aliphatic carbocycles. The number of H-pyrrole nitrogens is 1. The SMILES string of the molecule is N#Cc1ccc(C2=CCNC(CCS(=O)(=O)Cc3c[nH]c4ccccc34)C2)cc1. The number of hydrogen-bond donors (Lipinski definition) is 2. The fourth-order valence-corrected chi connectivity index (χ4v) is 5.35. The van der Waals surface area contributed by atoms with Crippen molar-refractivity contribution in [2.24, 2.45) is 0 Å². The third-order valence-corrected chi connectivity index (χ3v) is 7.04. The number of rotatable bonds is 6. The van der Waals surface area contributed by atoms with Crippen molar-refractivity contribution in [3.8, 4) is 6.07 Å². The van der Waals surface area contributed by atoms with Crippen LogP contribution < -0.4 is 5.32 Å². The molecule has 6 heteroatoms. The van der Waals surface area contributed by atoms with E-state index in [0.717, 1.165) is 35.0 Å². The van der Waals surface area contributed by atoms with Gasteiger partial charge in [0.2, 0.25) is 0 Å². The van der Waals surface area contributed by atoms with E-state index in [2.05, 4.69) is 22.4 Å². The average Bonchev–Trinajstić information content (AvgIpc) is 3.15. The molecule has 1 aromatic heterocycles. The average molecular weight is 406 g/mol. The number of nitrogens with one attached hydrogen (secondary N) is 2. The zero-order valence-corrected chi connectivity index (χ0v) is 16.9. The van der Waals surface area contributed by atoms with E-state index in [4.69, 9.17) is 5.26 Å². The topological polar surface area (TPSA) is 85.8 Å². The molecule has 1 atom stereocenters. The Morgan fingerprint density at radius 3 is 2.69 bits per heavy atom. The number of hydrogen-bond acceptors (Lipinski definition) is 4. The van der Waals surface area contributed by atoms with E-state index < -0.39 is 9.84 Å². The van der Waals surface area contributed by atoms with Crippen LogP contribution in [0.15, 0.2) is 60.8 Å². The summed E-state index contributed by atoms with van der Waals surface area (Å²) in [6.45, 7) is 0.725. The van der Waals surface area contributed by atoms with Crippen molar-refractivity contribution in [1.82, 2.24) is 10.3 Å². The second kappa shape index (κ2) is 8.24. The zero-order valence-electron chi connectivity index (χ0n) is 16.1. The lowest BCUT2D eigenvalue weighted by Gasteiger charge is -2.24. The molecule has 3 aromatic rings. The van der Waals surface area contributed by atoms with Crippen LogP contribution in [-0.4, -0.2) is 31.7 Å². The normalized spacial score (nSPS) is 17.1. The van der Waals surface area contributed by atoms with Gasteiger partial charge >= 0.3 is 0 Å². The molecule has 1 unspecified atom stereocenters. The number of nitriles is 1. The highest BCUT2D eigenvalue weighted by molar-refractivity contribution is 7.90. The minimum Gasteiger partial charge on any atom is -0.361 e. The Kier molecular flexibility index (Phi) is 5.52. The predicted octanol–water partition coefficient (Wildman–Crippen LogP) is 3.79. The Bertz CT molecular complexity index is 1180. The highest BCUT2D eigenvalue weighted by Crippen LogP contribution is 2.25. The highest BCUT2D eigenvalue weighted by atomic mass is 32.2. The van der Waals surface area contributed by atoms with Gasteiger partial charge in [0.15, 0.2) is 9.84 Å². The first-order valence-corrected chi connectivity index (χ1v) is 11.5. The fraction of sp³-hybridized carbons (Fsp3) is 0.261. The Morgan fingerprint density at radius 1 is 1.10 bits per heavy atom. The number of fused-ring (bicyclic) bond motifs is 1. The number of sulfone groups is 1. The van der Waals surface area contributed by atoms with Gasteiger partial charge in [0.05, 0.1) is 23.1 Å². The van der Waals surface area contributed by atoms with Crippen LogP contribution in [-0.2, 0) is 15.6 Å². The lowest BCUT2D eigenvalue weighted by molar-refractivity contribution is 0.515. The van der Waals surface area contributed by atoms with Crippen LogP contribution >= 0.6 is 0 Å². The fourth-order valence-electron chi connectivity index (χ4n) is 3.85. The van der Waals surface area contributed by atoms with Crippen LogP contribution in [0.25, 0.3) is 16.5 Å². The van der Waals surface area contributed by atoms with E-state index in [9.17, 15) is 8.42 Å². The van der Waals surface area contributed by atoms with E-state index in [1.807, 2.05) is 48.5 Å². The third kappa shape index (κ3) is 4.58. The molecule has 148 valence electrons. The molecule has 0 bridgehead atoms. The van der Waals surface area contributed by atoms with Gasteiger partial charge in [-0.3, -0.25) is 0 Å². The number of nitrogens with zero attached hydrogens (tertiary/aromatic N) is 1. The summed E-state index contributed by atoms with van der Waals surface area (Å²) in [5.41, 5.74) is 4.73. The minimum absolute atomic E-state index is 0.0576. The van der Waals surface area contributed by atoms with Crippen molar-refractivity contribution in [2.75, 3.05) is 12.3 Å². The maximum atomic E-state index is 12.7. The van der Waals surface area contributed by atoms with Crippen molar-refractivity contribution < 1.29 is 8.42 Å². The maximum Gasteiger partial charge on any atom is 0.154 e. The first-order chi connectivity index (χ1) is 14.0. The first kappa shape index (κ1) is 19.4. The molecular formula is C23H23N3O2S. The van der Waals surface area contributed by atoms with Crippen molar-refractivity contribution in [1.29, 1.82) is 5.26 Å². The van der Waals surface area contributed by atoms with Crippen LogP contribution in [0.5, 0.6) is 0 Å². The Balaban J connectivity index is 1.38. The molecule has 1 aliphatic heterocycles. The van der Waals surface area contributed by atoms with Crippen LogP contribution in [0.2, 0.25) is 0 Å². The van der Waals surface area contributed by atoms with E-state index in [0.29, 0.717) is 12.0 Å². The highest BCUT2D eigenvalue weighted by Gasteiger charge is 2.21. The molecule has 2 heterocycles. The van der Waals surface area contributed by atoms with E-state index in [1.54, 1.807) is 6.20 Å². The molecule has 0 saturated heterocycles. The summed E-state index contributed by atoms with van der Waals surface area (Å²) in [4.78, 5) is 3.14. The second-order valence-electron chi connectivity index (χ2n) is 7.47. The van der Waals surface area contributed by atoms with E-state index in [-0.39, 0.29) is 17.5 Å². The quantitative estimate of drug-likeness (QED) is 0.653. The molecule has 4 rings (SSSR count). The van der Waals surface area contributed by atoms with Gasteiger partial charge in [-0.25, -0.2) is 8.42 Å². The van der Waals surface area contributed by atoms with Gasteiger partial charge in [0.1, 0.15) is 0 Å². The monoisotopic (exact) mass is 405 g/mol. The van der Waals surface area contributed by atoms with Crippen molar-refractivity contribution in [3.63, 3.8) is 0 Å². The van der Waals surface area contributed by atoms with Crippen molar-refractivity contribution in [3.05, 3.63) is 77.5 Å². The summed E-state index contributed by atoms with van der Waals surface area (Å²) in [6.07, 6.45) is 5.30. The minimum atomic E-state index is -3.20. The Morgan fingerprint density at radius 2 is 1.90 bits per heavy atom. The summed E-state index contributed by atoms with van der Waals surface area (Å²) >= 11 is 0. The molecule has 1 aliphatic rings. The molecule has 29 heavy (non-hydrogen) atoms. The summed E-state index contributed by atoms with van der Waals surface area (Å²) < 4.78 is 25.4. The van der Waals surface area contributed by atoms with E-state index >= 15 is 0 Å². The number of para-hydroxylation sites is 1. The van der Waals surface area contributed by atoms with E-state index in [1.165, 1.54) is 5.57 Å². The lowest BCUT2D eigenvalue weighted by Crippen LogP contribution is -2.34. The number of aromatic nitrogens is 1. The number of aromatic amines is 1. The molecule has 0 amide bonds. The van der Waals surface area contributed by atoms with Gasteiger partial charge < -0.3 is 10.3 Å². The van der Waals surface area contributed by atoms with Crippen LogP contribution in [0.4, 0.5) is 0 Å². The summed E-state index contributed by atoms with van der Waals surface area (Å²) in [5.74, 6) is 0.215. The van der Waals surface area contributed by atoms with Gasteiger partial charge in [-0.05, 0) is 47.7 Å². The lowest BCUT2D eigenvalue weighted by atomic mass is 9.94. The zero-order chi connectivity index (χ0) is 20.3. The van der Waals surface area contributed by atoms with Gasteiger partial charge in [-0.15, -0.1) is 0 Å². The molecule has 2 aromatic carbocycles. The molecule has 5 nitrogen and oxygen atoms in total. The second-order valence-corrected chi connectivity index (χ2v) is 9.65. The maximum absolute atomic E-state index is 12.7. The molecule has 0 spiro atoms. The predicted molar refractivity (Wildman–Crippen MR) is 116 cm³/mol. The van der Waals surface area contributed by atoms with Crippen LogP contribution in [0.1, 0.15) is 29.5 Å². The van der Waals surface area contributed by atoms with Crippen molar-refractivity contribution in [2.45, 2.75) is 24.6 Å². The summed E-state index contributed by atoms with van der Waals surface area (Å²) in [6, 6.07) is 17.6. The Labute approximate surface area is 171 Å².